The summed E-state index contributed by atoms with van der Waals surface area (Å²) in [5.41, 5.74) is 3.69. The number of hydroxylamine groups is 1. The van der Waals surface area contributed by atoms with Crippen LogP contribution in [0.2, 0.25) is 0 Å². The molecule has 4 heteroatoms. The van der Waals surface area contributed by atoms with Crippen LogP contribution in [-0.4, -0.2) is 13.1 Å². The molecule has 94 valence electrons. The molecule has 0 bridgehead atoms. The summed E-state index contributed by atoms with van der Waals surface area (Å²) in [5, 5.41) is 0. The molecule has 0 atom stereocenters. The van der Waals surface area contributed by atoms with Crippen LogP contribution in [0, 0.1) is 0 Å². The number of carbonyl (C=O) groups excluding carboxylic acids is 1. The van der Waals surface area contributed by atoms with Gasteiger partial charge in [-0.1, -0.05) is 25.5 Å². The molecular weight excluding hydrogens is 218 g/mol. The Labute approximate surface area is 102 Å². The van der Waals surface area contributed by atoms with Crippen molar-refractivity contribution in [3.05, 3.63) is 29.8 Å². The van der Waals surface area contributed by atoms with Gasteiger partial charge in [0.25, 0.3) is 0 Å². The fraction of sp³-hybridized carbons (Fsp3) is 0.462. The zero-order valence-electron chi connectivity index (χ0n) is 10.4. The van der Waals surface area contributed by atoms with Gasteiger partial charge in [-0.3, -0.25) is 4.79 Å². The molecule has 0 unspecified atom stereocenters. The van der Waals surface area contributed by atoms with Crippen molar-refractivity contribution >= 4 is 5.97 Å². The van der Waals surface area contributed by atoms with E-state index in [-0.39, 0.29) is 5.97 Å². The molecule has 0 spiro atoms. The molecule has 0 aliphatic heterocycles. The molecule has 0 aliphatic rings. The molecular formula is C13H19NO3. The van der Waals surface area contributed by atoms with Crippen molar-refractivity contribution < 1.29 is 14.4 Å². The van der Waals surface area contributed by atoms with Gasteiger partial charge in [0.05, 0.1) is 13.7 Å². The van der Waals surface area contributed by atoms with E-state index in [9.17, 15) is 4.79 Å². The van der Waals surface area contributed by atoms with Crippen LogP contribution in [0.1, 0.15) is 31.7 Å². The average molecular weight is 237 g/mol. The molecule has 1 N–H and O–H groups in total. The zero-order chi connectivity index (χ0) is 12.5. The lowest BCUT2D eigenvalue weighted by molar-refractivity contribution is -0.151. The number of benzene rings is 1. The molecule has 0 aromatic heterocycles. The lowest BCUT2D eigenvalue weighted by Gasteiger charge is -2.06. The van der Waals surface area contributed by atoms with Crippen molar-refractivity contribution in [3.63, 3.8) is 0 Å². The molecule has 0 saturated carbocycles. The maximum absolute atomic E-state index is 11.2. The normalized spacial score (nSPS) is 10.0. The van der Waals surface area contributed by atoms with Crippen molar-refractivity contribution in [2.45, 2.75) is 32.7 Å². The van der Waals surface area contributed by atoms with Crippen molar-refractivity contribution in [2.24, 2.45) is 0 Å². The smallest absolute Gasteiger partial charge is 0.324 e. The van der Waals surface area contributed by atoms with Crippen LogP contribution in [0.5, 0.6) is 5.75 Å². The van der Waals surface area contributed by atoms with Crippen LogP contribution in [0.4, 0.5) is 0 Å². The molecule has 0 radical (unpaired) electrons. The first kappa shape index (κ1) is 13.5. The number of rotatable bonds is 7. The van der Waals surface area contributed by atoms with Crippen LogP contribution in [0.25, 0.3) is 0 Å². The Morgan fingerprint density at radius 1 is 1.29 bits per heavy atom. The summed E-state index contributed by atoms with van der Waals surface area (Å²) >= 11 is 0. The van der Waals surface area contributed by atoms with Gasteiger partial charge in [-0.25, -0.2) is 0 Å². The molecule has 1 aromatic carbocycles. The summed E-state index contributed by atoms with van der Waals surface area (Å²) < 4.78 is 5.05. The third-order valence-electron chi connectivity index (χ3n) is 2.36. The number of carbonyl (C=O) groups is 1. The van der Waals surface area contributed by atoms with Gasteiger partial charge in [0.2, 0.25) is 0 Å². The van der Waals surface area contributed by atoms with E-state index < -0.39 is 0 Å². The second-order valence-corrected chi connectivity index (χ2v) is 3.75. The van der Waals surface area contributed by atoms with Gasteiger partial charge in [0.1, 0.15) is 5.75 Å². The summed E-state index contributed by atoms with van der Waals surface area (Å²) in [6.45, 7) is 2.54. The maximum Gasteiger partial charge on any atom is 0.324 e. The predicted octanol–water partition coefficient (Wildman–Crippen LogP) is 2.43. The third kappa shape index (κ3) is 5.36. The number of unbranched alkanes of at least 4 members (excludes halogenated alkanes) is 1. The Kier molecular flexibility index (Phi) is 6.10. The molecule has 0 aliphatic carbocycles. The van der Waals surface area contributed by atoms with Gasteiger partial charge >= 0.3 is 5.97 Å². The number of hydrogen-bond donors (Lipinski definition) is 1. The third-order valence-corrected chi connectivity index (χ3v) is 2.36. The molecule has 1 aromatic rings. The highest BCUT2D eigenvalue weighted by Gasteiger charge is 2.01. The van der Waals surface area contributed by atoms with Crippen LogP contribution in [0.3, 0.4) is 0 Å². The molecule has 0 saturated heterocycles. The number of ether oxygens (including phenoxy) is 1. The number of methoxy groups -OCH3 is 1. The predicted molar refractivity (Wildman–Crippen MR) is 65.5 cm³/mol. The fourth-order valence-electron chi connectivity index (χ4n) is 1.32. The lowest BCUT2D eigenvalue weighted by Crippen LogP contribution is -2.19. The Bertz CT molecular complexity index is 335. The maximum atomic E-state index is 11.2. The monoisotopic (exact) mass is 237 g/mol. The second kappa shape index (κ2) is 7.68. The van der Waals surface area contributed by atoms with E-state index >= 15 is 0 Å². The Balaban J connectivity index is 2.23. The lowest BCUT2D eigenvalue weighted by atomic mass is 10.2. The highest BCUT2D eigenvalue weighted by molar-refractivity contribution is 5.68. The standard InChI is InChI=1S/C13H19NO3/c1-3-4-5-13(15)17-14-10-11-6-8-12(16-2)9-7-11/h6-9,14H,3-5,10H2,1-2H3. The Morgan fingerprint density at radius 3 is 2.59 bits per heavy atom. The number of nitrogens with one attached hydrogen (secondary N) is 1. The molecule has 0 amide bonds. The van der Waals surface area contributed by atoms with Gasteiger partial charge < -0.3 is 9.57 Å². The van der Waals surface area contributed by atoms with E-state index in [1.165, 1.54) is 0 Å². The van der Waals surface area contributed by atoms with E-state index in [0.717, 1.165) is 24.2 Å². The summed E-state index contributed by atoms with van der Waals surface area (Å²) in [5.74, 6) is 0.606. The highest BCUT2D eigenvalue weighted by Crippen LogP contribution is 2.10. The largest absolute Gasteiger partial charge is 0.497 e. The minimum Gasteiger partial charge on any atom is -0.497 e. The summed E-state index contributed by atoms with van der Waals surface area (Å²) in [7, 11) is 1.63. The minimum atomic E-state index is -0.208. The highest BCUT2D eigenvalue weighted by atomic mass is 16.7. The summed E-state index contributed by atoms with van der Waals surface area (Å²) in [6.07, 6.45) is 2.32. The van der Waals surface area contributed by atoms with E-state index in [1.54, 1.807) is 7.11 Å². The summed E-state index contributed by atoms with van der Waals surface area (Å²) in [4.78, 5) is 16.1. The zero-order valence-corrected chi connectivity index (χ0v) is 10.4. The van der Waals surface area contributed by atoms with E-state index in [2.05, 4.69) is 5.48 Å². The van der Waals surface area contributed by atoms with Gasteiger partial charge in [0, 0.05) is 6.42 Å². The van der Waals surface area contributed by atoms with E-state index in [4.69, 9.17) is 9.57 Å². The van der Waals surface area contributed by atoms with Gasteiger partial charge in [0.15, 0.2) is 0 Å². The Morgan fingerprint density at radius 2 is 2.00 bits per heavy atom. The van der Waals surface area contributed by atoms with Crippen molar-refractivity contribution in [3.8, 4) is 5.75 Å². The molecule has 17 heavy (non-hydrogen) atoms. The van der Waals surface area contributed by atoms with Gasteiger partial charge in [-0.2, -0.15) is 0 Å². The first-order valence-electron chi connectivity index (χ1n) is 5.81. The van der Waals surface area contributed by atoms with Crippen molar-refractivity contribution in [1.29, 1.82) is 0 Å². The van der Waals surface area contributed by atoms with Crippen LogP contribution in [-0.2, 0) is 16.2 Å². The molecule has 0 heterocycles. The van der Waals surface area contributed by atoms with E-state index in [0.29, 0.717) is 13.0 Å². The minimum absolute atomic E-state index is 0.208. The second-order valence-electron chi connectivity index (χ2n) is 3.75. The first-order chi connectivity index (χ1) is 8.26. The van der Waals surface area contributed by atoms with Crippen molar-refractivity contribution in [2.75, 3.05) is 7.11 Å². The topological polar surface area (TPSA) is 47.6 Å². The molecule has 0 fully saturated rings. The van der Waals surface area contributed by atoms with Gasteiger partial charge in [-0.05, 0) is 24.1 Å². The van der Waals surface area contributed by atoms with Crippen LogP contribution in [0.15, 0.2) is 24.3 Å². The number of hydrogen-bond acceptors (Lipinski definition) is 4. The average Bonchev–Trinajstić information content (AvgIpc) is 2.37. The molecule has 4 nitrogen and oxygen atoms in total. The molecule has 1 rings (SSSR count). The van der Waals surface area contributed by atoms with Crippen molar-refractivity contribution in [1.82, 2.24) is 5.48 Å². The van der Waals surface area contributed by atoms with Gasteiger partial charge in [-0.15, -0.1) is 5.48 Å². The Hall–Kier alpha value is -1.55. The van der Waals surface area contributed by atoms with Crippen LogP contribution < -0.4 is 10.2 Å². The summed E-state index contributed by atoms with van der Waals surface area (Å²) in [6, 6.07) is 7.59. The van der Waals surface area contributed by atoms with E-state index in [1.807, 2.05) is 31.2 Å². The first-order valence-corrected chi connectivity index (χ1v) is 5.81. The fourth-order valence-corrected chi connectivity index (χ4v) is 1.32. The van der Waals surface area contributed by atoms with Crippen LogP contribution >= 0.6 is 0 Å². The quantitative estimate of drug-likeness (QED) is 0.740. The SMILES string of the molecule is CCCCC(=O)ONCc1ccc(OC)cc1.